The Balaban J connectivity index is 2.69. The smallest absolute Gasteiger partial charge is 0.111 e. The first-order valence-corrected chi connectivity index (χ1v) is 4.30. The highest BCUT2D eigenvalue weighted by Crippen LogP contribution is 2.28. The fourth-order valence-electron chi connectivity index (χ4n) is 1.08. The molecule has 2 aromatic rings. The third kappa shape index (κ3) is 1.10. The molecule has 0 aliphatic carbocycles. The summed E-state index contributed by atoms with van der Waals surface area (Å²) < 4.78 is 1.31. The predicted molar refractivity (Wildman–Crippen MR) is 49.5 cm³/mol. The van der Waals surface area contributed by atoms with Crippen molar-refractivity contribution in [1.29, 1.82) is 0 Å². The summed E-state index contributed by atoms with van der Waals surface area (Å²) in [5.41, 5.74) is 0. The van der Waals surface area contributed by atoms with Gasteiger partial charge in [-0.15, -0.1) is 11.3 Å². The van der Waals surface area contributed by atoms with E-state index in [9.17, 15) is 0 Å². The lowest BCUT2D eigenvalue weighted by molar-refractivity contribution is 1.12. The van der Waals surface area contributed by atoms with Gasteiger partial charge in [0.25, 0.3) is 0 Å². The summed E-state index contributed by atoms with van der Waals surface area (Å²) in [7, 11) is 1.82. The maximum atomic E-state index is 4.13. The van der Waals surface area contributed by atoms with Crippen molar-refractivity contribution in [3.8, 4) is 0 Å². The first kappa shape index (κ1) is 6.68. The Morgan fingerprint density at radius 3 is 2.82 bits per heavy atom. The Morgan fingerprint density at radius 1 is 1.27 bits per heavy atom. The Hall–Kier alpha value is -1.02. The van der Waals surface area contributed by atoms with Crippen LogP contribution < -0.4 is 5.32 Å². The van der Waals surface area contributed by atoms with Gasteiger partial charge in [-0.2, -0.15) is 0 Å². The van der Waals surface area contributed by atoms with Crippen LogP contribution in [0, 0.1) is 0 Å². The molecule has 0 amide bonds. The lowest BCUT2D eigenvalue weighted by atomic mass is 10.3. The fraction of sp³-hybridized carbons (Fsp3) is 0.111. The molecule has 0 fully saturated rings. The Bertz CT molecular complexity index is 331. The largest absolute Gasteiger partial charge is 0.278 e. The second kappa shape index (κ2) is 2.55. The van der Waals surface area contributed by atoms with Crippen molar-refractivity contribution in [1.82, 2.24) is 5.32 Å². The molecule has 1 aromatic carbocycles. The highest BCUT2D eigenvalue weighted by molar-refractivity contribution is 7.22. The van der Waals surface area contributed by atoms with Crippen LogP contribution in [0.5, 0.6) is 0 Å². The lowest BCUT2D eigenvalue weighted by Crippen LogP contribution is -1.77. The molecule has 0 N–H and O–H groups in total. The van der Waals surface area contributed by atoms with Crippen LogP contribution in [0.3, 0.4) is 0 Å². The fourth-order valence-corrected chi connectivity index (χ4v) is 1.97. The van der Waals surface area contributed by atoms with Crippen molar-refractivity contribution >= 4 is 26.4 Å². The summed E-state index contributed by atoms with van der Waals surface area (Å²) in [6.45, 7) is 0. The summed E-state index contributed by atoms with van der Waals surface area (Å²) in [5, 5.41) is 6.52. The molecule has 1 nitrogen and oxygen atoms in total. The SMILES string of the molecule is C[N]c1cc2ccccc2s1. The van der Waals surface area contributed by atoms with Crippen molar-refractivity contribution in [3.63, 3.8) is 0 Å². The molecule has 55 valence electrons. The zero-order valence-corrected chi connectivity index (χ0v) is 7.06. The molecule has 2 rings (SSSR count). The Kier molecular flexibility index (Phi) is 1.55. The predicted octanol–water partition coefficient (Wildman–Crippen LogP) is 2.77. The Morgan fingerprint density at radius 2 is 2.09 bits per heavy atom. The average molecular weight is 162 g/mol. The molecule has 0 aliphatic rings. The van der Waals surface area contributed by atoms with Gasteiger partial charge in [0.05, 0.1) is 0 Å². The van der Waals surface area contributed by atoms with E-state index in [4.69, 9.17) is 0 Å². The van der Waals surface area contributed by atoms with E-state index in [1.165, 1.54) is 10.1 Å². The molecular formula is C9H8NS. The standard InChI is InChI=1S/C9H8NS/c1-10-9-6-7-4-2-3-5-8(7)11-9/h2-6H,1H3. The van der Waals surface area contributed by atoms with E-state index in [0.717, 1.165) is 5.00 Å². The molecule has 2 heteroatoms. The molecule has 0 saturated carbocycles. The van der Waals surface area contributed by atoms with Gasteiger partial charge in [-0.25, -0.2) is 0 Å². The number of benzene rings is 1. The number of fused-ring (bicyclic) bond motifs is 1. The van der Waals surface area contributed by atoms with Gasteiger partial charge in [0.2, 0.25) is 0 Å². The van der Waals surface area contributed by atoms with Crippen molar-refractivity contribution in [2.45, 2.75) is 0 Å². The summed E-state index contributed by atoms with van der Waals surface area (Å²) in [6.07, 6.45) is 0. The van der Waals surface area contributed by atoms with Crippen molar-refractivity contribution < 1.29 is 0 Å². The monoisotopic (exact) mass is 162 g/mol. The minimum atomic E-state index is 1.10. The number of hydrogen-bond donors (Lipinski definition) is 0. The van der Waals surface area contributed by atoms with Crippen LogP contribution in [0.25, 0.3) is 10.1 Å². The third-order valence-corrected chi connectivity index (χ3v) is 2.73. The molecule has 0 atom stereocenters. The molecule has 0 spiro atoms. The molecule has 11 heavy (non-hydrogen) atoms. The zero-order valence-electron chi connectivity index (χ0n) is 6.24. The van der Waals surface area contributed by atoms with Gasteiger partial charge in [-0.3, -0.25) is 5.32 Å². The summed E-state index contributed by atoms with van der Waals surface area (Å²) in [6, 6.07) is 10.4. The molecule has 0 saturated heterocycles. The van der Waals surface area contributed by atoms with E-state index < -0.39 is 0 Å². The summed E-state index contributed by atoms with van der Waals surface area (Å²) in [5.74, 6) is 0. The zero-order chi connectivity index (χ0) is 7.68. The van der Waals surface area contributed by atoms with Gasteiger partial charge < -0.3 is 0 Å². The van der Waals surface area contributed by atoms with Gasteiger partial charge in [0.15, 0.2) is 0 Å². The molecule has 1 radical (unpaired) electrons. The van der Waals surface area contributed by atoms with E-state index in [0.29, 0.717) is 0 Å². The van der Waals surface area contributed by atoms with Gasteiger partial charge in [0, 0.05) is 11.7 Å². The van der Waals surface area contributed by atoms with E-state index in [2.05, 4.69) is 35.6 Å². The number of nitrogens with zero attached hydrogens (tertiary/aromatic N) is 1. The van der Waals surface area contributed by atoms with E-state index in [1.54, 1.807) is 11.3 Å². The molecule has 1 heterocycles. The molecule has 0 aliphatic heterocycles. The number of hydrogen-bond acceptors (Lipinski definition) is 1. The first-order chi connectivity index (χ1) is 5.40. The minimum absolute atomic E-state index is 1.10. The highest BCUT2D eigenvalue weighted by atomic mass is 32.1. The van der Waals surface area contributed by atoms with E-state index in [-0.39, 0.29) is 0 Å². The molecule has 0 unspecified atom stereocenters. The van der Waals surface area contributed by atoms with Gasteiger partial charge in [-0.05, 0) is 17.5 Å². The van der Waals surface area contributed by atoms with Crippen LogP contribution in [0.4, 0.5) is 5.00 Å². The maximum Gasteiger partial charge on any atom is 0.111 e. The van der Waals surface area contributed by atoms with Crippen LogP contribution in [0.2, 0.25) is 0 Å². The minimum Gasteiger partial charge on any atom is -0.278 e. The first-order valence-electron chi connectivity index (χ1n) is 3.48. The Labute approximate surface area is 69.7 Å². The topological polar surface area (TPSA) is 14.1 Å². The molecular weight excluding hydrogens is 154 g/mol. The van der Waals surface area contributed by atoms with E-state index >= 15 is 0 Å². The highest BCUT2D eigenvalue weighted by Gasteiger charge is 1.97. The van der Waals surface area contributed by atoms with Gasteiger partial charge >= 0.3 is 0 Å². The lowest BCUT2D eigenvalue weighted by Gasteiger charge is -1.82. The van der Waals surface area contributed by atoms with Gasteiger partial charge in [-0.1, -0.05) is 18.2 Å². The summed E-state index contributed by atoms with van der Waals surface area (Å²) in [4.78, 5) is 0. The summed E-state index contributed by atoms with van der Waals surface area (Å²) >= 11 is 1.73. The van der Waals surface area contributed by atoms with Crippen molar-refractivity contribution in [2.75, 3.05) is 7.05 Å². The van der Waals surface area contributed by atoms with E-state index in [1.807, 2.05) is 7.05 Å². The van der Waals surface area contributed by atoms with Crippen molar-refractivity contribution in [3.05, 3.63) is 30.3 Å². The van der Waals surface area contributed by atoms with Crippen LogP contribution in [-0.4, -0.2) is 7.05 Å². The maximum absolute atomic E-state index is 4.13. The number of rotatable bonds is 1. The van der Waals surface area contributed by atoms with Gasteiger partial charge in [0.1, 0.15) is 5.00 Å². The van der Waals surface area contributed by atoms with Crippen LogP contribution in [0.1, 0.15) is 0 Å². The quantitative estimate of drug-likeness (QED) is 0.612. The normalized spacial score (nSPS) is 10.3. The average Bonchev–Trinajstić information content (AvgIpc) is 2.46. The van der Waals surface area contributed by atoms with Crippen LogP contribution >= 0.6 is 11.3 Å². The van der Waals surface area contributed by atoms with Crippen molar-refractivity contribution in [2.24, 2.45) is 0 Å². The third-order valence-electron chi connectivity index (χ3n) is 1.63. The van der Waals surface area contributed by atoms with Crippen LogP contribution in [0.15, 0.2) is 30.3 Å². The second-order valence-electron chi connectivity index (χ2n) is 2.35. The molecule has 1 aromatic heterocycles. The second-order valence-corrected chi connectivity index (χ2v) is 3.41. The molecule has 0 bridgehead atoms. The number of thiophene rings is 1. The van der Waals surface area contributed by atoms with Crippen LogP contribution in [-0.2, 0) is 0 Å².